The quantitative estimate of drug-likeness (QED) is 0.709. The van der Waals surface area contributed by atoms with Gasteiger partial charge in [0.1, 0.15) is 0 Å². The van der Waals surface area contributed by atoms with Crippen molar-refractivity contribution < 1.29 is 13.2 Å². The van der Waals surface area contributed by atoms with Crippen LogP contribution in [0.15, 0.2) is 0 Å². The van der Waals surface area contributed by atoms with Crippen LogP contribution < -0.4 is 5.32 Å². The Bertz CT molecular complexity index is 327. The molecule has 1 rings (SSSR count). The SMILES string of the molecule is CC#CCCC(NCCC)C1CCCCC1C(F)(F)F. The predicted molar refractivity (Wildman–Crippen MR) is 76.3 cm³/mol. The van der Waals surface area contributed by atoms with E-state index in [4.69, 9.17) is 0 Å². The minimum atomic E-state index is -4.06. The van der Waals surface area contributed by atoms with Gasteiger partial charge in [0.2, 0.25) is 0 Å². The van der Waals surface area contributed by atoms with Crippen LogP contribution in [-0.4, -0.2) is 18.8 Å². The molecule has 1 fully saturated rings. The van der Waals surface area contributed by atoms with E-state index in [1.807, 2.05) is 6.92 Å². The second kappa shape index (κ2) is 8.56. The van der Waals surface area contributed by atoms with Gasteiger partial charge in [0, 0.05) is 12.5 Å². The Hall–Kier alpha value is -0.690. The van der Waals surface area contributed by atoms with Gasteiger partial charge in [-0.25, -0.2) is 0 Å². The lowest BCUT2D eigenvalue weighted by Gasteiger charge is -2.38. The van der Waals surface area contributed by atoms with Crippen LogP contribution in [0.5, 0.6) is 0 Å². The van der Waals surface area contributed by atoms with Crippen LogP contribution in [0.2, 0.25) is 0 Å². The zero-order chi connectivity index (χ0) is 15.0. The highest BCUT2D eigenvalue weighted by atomic mass is 19.4. The lowest BCUT2D eigenvalue weighted by atomic mass is 9.73. The van der Waals surface area contributed by atoms with Crippen LogP contribution in [0.3, 0.4) is 0 Å². The molecule has 1 aliphatic rings. The summed E-state index contributed by atoms with van der Waals surface area (Å²) in [5.74, 6) is 4.38. The Morgan fingerprint density at radius 3 is 2.55 bits per heavy atom. The lowest BCUT2D eigenvalue weighted by molar-refractivity contribution is -0.199. The average molecular weight is 289 g/mol. The summed E-state index contributed by atoms with van der Waals surface area (Å²) in [5, 5.41) is 3.33. The number of halogens is 3. The molecule has 0 radical (unpaired) electrons. The summed E-state index contributed by atoms with van der Waals surface area (Å²) in [6.45, 7) is 4.59. The van der Waals surface area contributed by atoms with Crippen LogP contribution in [0.25, 0.3) is 0 Å². The molecule has 1 nitrogen and oxygen atoms in total. The summed E-state index contributed by atoms with van der Waals surface area (Å²) < 4.78 is 39.6. The summed E-state index contributed by atoms with van der Waals surface area (Å²) in [7, 11) is 0. The standard InChI is InChI=1S/C16H26F3N/c1-3-5-6-11-15(20-12-4-2)13-9-7-8-10-14(13)16(17,18)19/h13-15,20H,4,6-12H2,1-2H3. The van der Waals surface area contributed by atoms with E-state index in [-0.39, 0.29) is 18.4 Å². The first-order valence-corrected chi connectivity index (χ1v) is 7.70. The van der Waals surface area contributed by atoms with Gasteiger partial charge in [0.25, 0.3) is 0 Å². The van der Waals surface area contributed by atoms with E-state index in [1.165, 1.54) is 0 Å². The third-order valence-electron chi connectivity index (χ3n) is 4.17. The second-order valence-electron chi connectivity index (χ2n) is 5.62. The van der Waals surface area contributed by atoms with Gasteiger partial charge in [-0.2, -0.15) is 13.2 Å². The number of hydrogen-bond donors (Lipinski definition) is 1. The maximum absolute atomic E-state index is 13.2. The van der Waals surface area contributed by atoms with E-state index in [0.717, 1.165) is 25.8 Å². The second-order valence-corrected chi connectivity index (χ2v) is 5.62. The first kappa shape index (κ1) is 17.4. The Balaban J connectivity index is 2.74. The van der Waals surface area contributed by atoms with Crippen LogP contribution in [0.4, 0.5) is 13.2 Å². The third kappa shape index (κ3) is 5.36. The van der Waals surface area contributed by atoms with Crippen molar-refractivity contribution in [2.24, 2.45) is 11.8 Å². The molecule has 3 atom stereocenters. The number of nitrogens with one attached hydrogen (secondary N) is 1. The van der Waals surface area contributed by atoms with Crippen LogP contribution in [-0.2, 0) is 0 Å². The van der Waals surface area contributed by atoms with Gasteiger partial charge in [-0.1, -0.05) is 19.8 Å². The van der Waals surface area contributed by atoms with Crippen molar-refractivity contribution in [2.75, 3.05) is 6.54 Å². The minimum Gasteiger partial charge on any atom is -0.314 e. The molecule has 0 amide bonds. The Morgan fingerprint density at radius 1 is 1.25 bits per heavy atom. The van der Waals surface area contributed by atoms with Crippen molar-refractivity contribution in [2.45, 2.75) is 71.0 Å². The van der Waals surface area contributed by atoms with Gasteiger partial charge in [-0.15, -0.1) is 11.8 Å². The fourth-order valence-corrected chi connectivity index (χ4v) is 3.20. The largest absolute Gasteiger partial charge is 0.392 e. The summed E-state index contributed by atoms with van der Waals surface area (Å²) >= 11 is 0. The topological polar surface area (TPSA) is 12.0 Å². The minimum absolute atomic E-state index is 0.0530. The zero-order valence-electron chi connectivity index (χ0n) is 12.5. The number of alkyl halides is 3. The smallest absolute Gasteiger partial charge is 0.314 e. The highest BCUT2D eigenvalue weighted by molar-refractivity contribution is 4.97. The molecule has 0 bridgehead atoms. The molecule has 0 aromatic heterocycles. The average Bonchev–Trinajstić information content (AvgIpc) is 2.42. The van der Waals surface area contributed by atoms with Crippen LogP contribution in [0, 0.1) is 23.7 Å². The predicted octanol–water partition coefficient (Wildman–Crippen LogP) is 4.53. The molecule has 1 aliphatic carbocycles. The molecule has 0 saturated heterocycles. The van der Waals surface area contributed by atoms with E-state index in [9.17, 15) is 13.2 Å². The molecule has 0 aromatic carbocycles. The third-order valence-corrected chi connectivity index (χ3v) is 4.17. The van der Waals surface area contributed by atoms with Crippen LogP contribution in [0.1, 0.15) is 58.8 Å². The zero-order valence-corrected chi connectivity index (χ0v) is 12.5. The fraction of sp³-hybridized carbons (Fsp3) is 0.875. The van der Waals surface area contributed by atoms with E-state index < -0.39 is 12.1 Å². The van der Waals surface area contributed by atoms with Crippen molar-refractivity contribution in [1.82, 2.24) is 5.32 Å². The maximum Gasteiger partial charge on any atom is 0.392 e. The van der Waals surface area contributed by atoms with E-state index >= 15 is 0 Å². The van der Waals surface area contributed by atoms with Crippen molar-refractivity contribution in [3.8, 4) is 11.8 Å². The van der Waals surface area contributed by atoms with Crippen molar-refractivity contribution in [3.63, 3.8) is 0 Å². The molecule has 0 aromatic rings. The Labute approximate surface area is 120 Å². The number of rotatable bonds is 6. The molecule has 3 unspecified atom stereocenters. The van der Waals surface area contributed by atoms with Gasteiger partial charge in [0.15, 0.2) is 0 Å². The Kier molecular flexibility index (Phi) is 7.43. The molecule has 1 N–H and O–H groups in total. The highest BCUT2D eigenvalue weighted by Crippen LogP contribution is 2.43. The molecule has 0 heterocycles. The van der Waals surface area contributed by atoms with Gasteiger partial charge in [0.05, 0.1) is 5.92 Å². The molecule has 4 heteroatoms. The first-order valence-electron chi connectivity index (χ1n) is 7.70. The van der Waals surface area contributed by atoms with Gasteiger partial charge >= 0.3 is 6.18 Å². The molecule has 0 aliphatic heterocycles. The summed E-state index contributed by atoms with van der Waals surface area (Å²) in [4.78, 5) is 0. The normalized spacial score (nSPS) is 24.9. The molecule has 116 valence electrons. The molecular weight excluding hydrogens is 263 g/mol. The van der Waals surface area contributed by atoms with Crippen LogP contribution >= 0.6 is 0 Å². The molecular formula is C16H26F3N. The van der Waals surface area contributed by atoms with Crippen molar-refractivity contribution >= 4 is 0 Å². The first-order chi connectivity index (χ1) is 9.50. The summed E-state index contributed by atoms with van der Waals surface area (Å²) in [6.07, 6.45) is 0.879. The van der Waals surface area contributed by atoms with E-state index in [0.29, 0.717) is 19.3 Å². The van der Waals surface area contributed by atoms with Crippen molar-refractivity contribution in [3.05, 3.63) is 0 Å². The highest BCUT2D eigenvalue weighted by Gasteiger charge is 2.47. The lowest BCUT2D eigenvalue weighted by Crippen LogP contribution is -2.45. The van der Waals surface area contributed by atoms with Gasteiger partial charge in [-0.3, -0.25) is 0 Å². The fourth-order valence-electron chi connectivity index (χ4n) is 3.20. The summed E-state index contributed by atoms with van der Waals surface area (Å²) in [6, 6.07) is -0.0530. The van der Waals surface area contributed by atoms with E-state index in [2.05, 4.69) is 17.2 Å². The van der Waals surface area contributed by atoms with Gasteiger partial charge < -0.3 is 5.32 Å². The van der Waals surface area contributed by atoms with Crippen molar-refractivity contribution in [1.29, 1.82) is 0 Å². The van der Waals surface area contributed by atoms with E-state index in [1.54, 1.807) is 6.92 Å². The monoisotopic (exact) mass is 289 g/mol. The molecule has 20 heavy (non-hydrogen) atoms. The summed E-state index contributed by atoms with van der Waals surface area (Å²) in [5.41, 5.74) is 0. The Morgan fingerprint density at radius 2 is 1.95 bits per heavy atom. The molecule has 0 spiro atoms. The number of hydrogen-bond acceptors (Lipinski definition) is 1. The molecule has 1 saturated carbocycles. The van der Waals surface area contributed by atoms with Gasteiger partial charge in [-0.05, 0) is 45.1 Å². The maximum atomic E-state index is 13.2.